The molecule has 1 aliphatic carbocycles. The molecule has 3 fully saturated rings. The summed E-state index contributed by atoms with van der Waals surface area (Å²) in [5.74, 6) is 1.17. The lowest BCUT2D eigenvalue weighted by atomic mass is 9.96. The molecule has 0 bridgehead atoms. The van der Waals surface area contributed by atoms with Crippen molar-refractivity contribution in [3.63, 3.8) is 0 Å². The van der Waals surface area contributed by atoms with Crippen molar-refractivity contribution in [3.05, 3.63) is 0 Å². The minimum Gasteiger partial charge on any atom is -0.342 e. The molecule has 0 unspecified atom stereocenters. The molecule has 130 valence electrons. The summed E-state index contributed by atoms with van der Waals surface area (Å²) in [6, 6.07) is 0.415. The molecular formula is C19H32N2O2. The van der Waals surface area contributed by atoms with Gasteiger partial charge in [0.15, 0.2) is 0 Å². The largest absolute Gasteiger partial charge is 0.342 e. The SMILES string of the molecule is CCC[C@@H]1CCCN(C(=O)[C@@H]2CC(=O)N(C3CCCC3)C2)CC1. The number of carbonyl (C=O) groups is 2. The average Bonchev–Trinajstić information content (AvgIpc) is 3.13. The Hall–Kier alpha value is -1.06. The van der Waals surface area contributed by atoms with E-state index < -0.39 is 0 Å². The Morgan fingerprint density at radius 1 is 1.09 bits per heavy atom. The van der Waals surface area contributed by atoms with Crippen LogP contribution in [0.1, 0.15) is 71.1 Å². The number of hydrogen-bond acceptors (Lipinski definition) is 2. The van der Waals surface area contributed by atoms with Crippen LogP contribution in [0.3, 0.4) is 0 Å². The molecule has 23 heavy (non-hydrogen) atoms. The highest BCUT2D eigenvalue weighted by atomic mass is 16.2. The van der Waals surface area contributed by atoms with E-state index in [1.54, 1.807) is 0 Å². The Morgan fingerprint density at radius 3 is 2.61 bits per heavy atom. The Bertz CT molecular complexity index is 431. The summed E-state index contributed by atoms with van der Waals surface area (Å²) in [5.41, 5.74) is 0. The van der Waals surface area contributed by atoms with E-state index in [2.05, 4.69) is 11.8 Å². The molecule has 0 aromatic heterocycles. The van der Waals surface area contributed by atoms with Crippen LogP contribution in [0.2, 0.25) is 0 Å². The van der Waals surface area contributed by atoms with E-state index in [0.29, 0.717) is 19.0 Å². The highest BCUT2D eigenvalue weighted by molar-refractivity contribution is 5.89. The van der Waals surface area contributed by atoms with E-state index in [0.717, 1.165) is 44.7 Å². The Balaban J connectivity index is 1.54. The molecule has 0 spiro atoms. The zero-order valence-corrected chi connectivity index (χ0v) is 14.6. The summed E-state index contributed by atoms with van der Waals surface area (Å²) < 4.78 is 0. The fourth-order valence-corrected chi connectivity index (χ4v) is 4.81. The van der Waals surface area contributed by atoms with Gasteiger partial charge in [-0.15, -0.1) is 0 Å². The lowest BCUT2D eigenvalue weighted by molar-refractivity contribution is -0.135. The molecule has 2 saturated heterocycles. The standard InChI is InChI=1S/C19H32N2O2/c1-2-6-15-7-5-11-20(12-10-15)19(23)16-13-18(22)21(14-16)17-8-3-4-9-17/h15-17H,2-14H2,1H3/t15-,16-/m1/s1. The molecule has 0 aromatic rings. The third-order valence-corrected chi connectivity index (χ3v) is 6.13. The number of hydrogen-bond donors (Lipinski definition) is 0. The molecule has 0 aromatic carbocycles. The maximum Gasteiger partial charge on any atom is 0.227 e. The molecule has 0 radical (unpaired) electrons. The Labute approximate surface area is 140 Å². The summed E-state index contributed by atoms with van der Waals surface area (Å²) in [5, 5.41) is 0. The normalized spacial score (nSPS) is 30.0. The molecule has 4 nitrogen and oxygen atoms in total. The smallest absolute Gasteiger partial charge is 0.227 e. The second kappa shape index (κ2) is 7.67. The van der Waals surface area contributed by atoms with Gasteiger partial charge in [0, 0.05) is 32.1 Å². The lowest BCUT2D eigenvalue weighted by Gasteiger charge is -2.26. The van der Waals surface area contributed by atoms with Crippen LogP contribution in [-0.2, 0) is 9.59 Å². The second-order valence-electron chi connectivity index (χ2n) is 7.80. The number of likely N-dealkylation sites (tertiary alicyclic amines) is 2. The fraction of sp³-hybridized carbons (Fsp3) is 0.895. The third-order valence-electron chi connectivity index (χ3n) is 6.13. The maximum atomic E-state index is 12.9. The molecule has 2 amide bonds. The highest BCUT2D eigenvalue weighted by Crippen LogP contribution is 2.31. The van der Waals surface area contributed by atoms with E-state index in [4.69, 9.17) is 0 Å². The Kier molecular flexibility index (Phi) is 5.60. The lowest BCUT2D eigenvalue weighted by Crippen LogP contribution is -2.39. The van der Waals surface area contributed by atoms with Crippen molar-refractivity contribution in [1.29, 1.82) is 0 Å². The van der Waals surface area contributed by atoms with E-state index >= 15 is 0 Å². The first-order chi connectivity index (χ1) is 11.2. The summed E-state index contributed by atoms with van der Waals surface area (Å²) in [4.78, 5) is 29.3. The zero-order valence-electron chi connectivity index (χ0n) is 14.6. The van der Waals surface area contributed by atoms with Gasteiger partial charge in [0.25, 0.3) is 0 Å². The second-order valence-corrected chi connectivity index (χ2v) is 7.80. The van der Waals surface area contributed by atoms with Crippen LogP contribution in [0.15, 0.2) is 0 Å². The van der Waals surface area contributed by atoms with E-state index in [-0.39, 0.29) is 17.7 Å². The topological polar surface area (TPSA) is 40.6 Å². The molecule has 2 aliphatic heterocycles. The summed E-state index contributed by atoms with van der Waals surface area (Å²) in [6.45, 7) is 4.72. The van der Waals surface area contributed by atoms with E-state index in [9.17, 15) is 9.59 Å². The number of nitrogens with zero attached hydrogens (tertiary/aromatic N) is 2. The van der Waals surface area contributed by atoms with Crippen LogP contribution in [0.5, 0.6) is 0 Å². The minimum absolute atomic E-state index is 0.0779. The molecule has 4 heteroatoms. The molecular weight excluding hydrogens is 288 g/mol. The molecule has 3 aliphatic rings. The van der Waals surface area contributed by atoms with Crippen molar-refractivity contribution in [2.24, 2.45) is 11.8 Å². The highest BCUT2D eigenvalue weighted by Gasteiger charge is 2.40. The number of amides is 2. The van der Waals surface area contributed by atoms with Gasteiger partial charge in [-0.3, -0.25) is 9.59 Å². The van der Waals surface area contributed by atoms with Gasteiger partial charge in [0.2, 0.25) is 11.8 Å². The quantitative estimate of drug-likeness (QED) is 0.798. The van der Waals surface area contributed by atoms with Gasteiger partial charge in [-0.1, -0.05) is 32.6 Å². The van der Waals surface area contributed by atoms with Crippen LogP contribution >= 0.6 is 0 Å². The summed E-state index contributed by atoms with van der Waals surface area (Å²) in [7, 11) is 0. The van der Waals surface area contributed by atoms with Gasteiger partial charge in [-0.25, -0.2) is 0 Å². The van der Waals surface area contributed by atoms with Crippen molar-refractivity contribution in [2.75, 3.05) is 19.6 Å². The number of carbonyl (C=O) groups excluding carboxylic acids is 2. The van der Waals surface area contributed by atoms with Crippen molar-refractivity contribution in [1.82, 2.24) is 9.80 Å². The summed E-state index contributed by atoms with van der Waals surface area (Å²) in [6.07, 6.45) is 11.3. The molecule has 2 atom stereocenters. The van der Waals surface area contributed by atoms with E-state index in [1.807, 2.05) is 4.90 Å². The molecule has 3 rings (SSSR count). The van der Waals surface area contributed by atoms with Gasteiger partial charge in [-0.05, 0) is 38.0 Å². The maximum absolute atomic E-state index is 12.9. The third kappa shape index (κ3) is 3.89. The monoisotopic (exact) mass is 320 g/mol. The number of rotatable bonds is 4. The van der Waals surface area contributed by atoms with Crippen LogP contribution in [-0.4, -0.2) is 47.3 Å². The van der Waals surface area contributed by atoms with Crippen molar-refractivity contribution < 1.29 is 9.59 Å². The van der Waals surface area contributed by atoms with Gasteiger partial charge in [-0.2, -0.15) is 0 Å². The predicted octanol–water partition coefficient (Wildman–Crippen LogP) is 3.21. The van der Waals surface area contributed by atoms with Gasteiger partial charge in [0.1, 0.15) is 0 Å². The van der Waals surface area contributed by atoms with Crippen LogP contribution < -0.4 is 0 Å². The van der Waals surface area contributed by atoms with E-state index in [1.165, 1.54) is 32.1 Å². The van der Waals surface area contributed by atoms with Crippen molar-refractivity contribution in [2.45, 2.75) is 77.2 Å². The Morgan fingerprint density at radius 2 is 1.87 bits per heavy atom. The van der Waals surface area contributed by atoms with Crippen LogP contribution in [0.25, 0.3) is 0 Å². The van der Waals surface area contributed by atoms with Gasteiger partial charge in [0.05, 0.1) is 5.92 Å². The summed E-state index contributed by atoms with van der Waals surface area (Å²) >= 11 is 0. The van der Waals surface area contributed by atoms with Crippen LogP contribution in [0, 0.1) is 11.8 Å². The fourth-order valence-electron chi connectivity index (χ4n) is 4.81. The minimum atomic E-state index is -0.0779. The first-order valence-electron chi connectivity index (χ1n) is 9.77. The van der Waals surface area contributed by atoms with Gasteiger partial charge >= 0.3 is 0 Å². The molecule has 0 N–H and O–H groups in total. The zero-order chi connectivity index (χ0) is 16.2. The van der Waals surface area contributed by atoms with Gasteiger partial charge < -0.3 is 9.80 Å². The van der Waals surface area contributed by atoms with Crippen molar-refractivity contribution >= 4 is 11.8 Å². The first kappa shape index (κ1) is 16.8. The predicted molar refractivity (Wildman–Crippen MR) is 90.9 cm³/mol. The van der Waals surface area contributed by atoms with Crippen molar-refractivity contribution in [3.8, 4) is 0 Å². The molecule has 2 heterocycles. The van der Waals surface area contributed by atoms with Crippen LogP contribution in [0.4, 0.5) is 0 Å². The first-order valence-corrected chi connectivity index (χ1v) is 9.77. The average molecular weight is 320 g/mol. The molecule has 1 saturated carbocycles.